The lowest BCUT2D eigenvalue weighted by Gasteiger charge is -2.15. The number of aromatic nitrogens is 3. The summed E-state index contributed by atoms with van der Waals surface area (Å²) in [6.07, 6.45) is 0.877. The second-order valence-corrected chi connectivity index (χ2v) is 4.05. The van der Waals surface area contributed by atoms with E-state index in [4.69, 9.17) is 5.11 Å². The van der Waals surface area contributed by atoms with Gasteiger partial charge in [0.25, 0.3) is 5.92 Å². The highest BCUT2D eigenvalue weighted by molar-refractivity contribution is 5.69. The van der Waals surface area contributed by atoms with Crippen LogP contribution in [-0.2, 0) is 23.7 Å². The van der Waals surface area contributed by atoms with Crippen molar-refractivity contribution in [2.45, 2.75) is 18.9 Å². The Hall–Kier alpha value is -2.31. The Labute approximate surface area is 107 Å². The van der Waals surface area contributed by atoms with Crippen molar-refractivity contribution in [2.24, 2.45) is 0 Å². The van der Waals surface area contributed by atoms with Crippen molar-refractivity contribution in [3.05, 3.63) is 47.8 Å². The van der Waals surface area contributed by atoms with E-state index in [9.17, 15) is 13.6 Å². The number of hydrogen-bond donors (Lipinski definition) is 1. The zero-order valence-electron chi connectivity index (χ0n) is 9.83. The van der Waals surface area contributed by atoms with E-state index < -0.39 is 18.4 Å². The molecule has 2 rings (SSSR count). The van der Waals surface area contributed by atoms with E-state index in [0.717, 1.165) is 4.68 Å². The molecule has 0 aliphatic rings. The van der Waals surface area contributed by atoms with Crippen LogP contribution in [-0.4, -0.2) is 26.1 Å². The lowest BCUT2D eigenvalue weighted by Crippen LogP contribution is -2.21. The SMILES string of the molecule is O=C(O)Cc1cn(CC(F)(F)c2ccccc2)nn1. The molecule has 2 aromatic rings. The van der Waals surface area contributed by atoms with Crippen molar-refractivity contribution in [3.8, 4) is 0 Å². The largest absolute Gasteiger partial charge is 0.481 e. The first kappa shape index (κ1) is 13.1. The molecule has 0 atom stereocenters. The topological polar surface area (TPSA) is 68.0 Å². The summed E-state index contributed by atoms with van der Waals surface area (Å²) < 4.78 is 28.8. The number of rotatable bonds is 5. The number of hydrogen-bond acceptors (Lipinski definition) is 3. The van der Waals surface area contributed by atoms with Gasteiger partial charge in [0.15, 0.2) is 0 Å². The van der Waals surface area contributed by atoms with Crippen LogP contribution in [0.15, 0.2) is 36.5 Å². The molecular formula is C12H11F2N3O2. The average Bonchev–Trinajstić information content (AvgIpc) is 2.76. The van der Waals surface area contributed by atoms with Crippen molar-refractivity contribution in [2.75, 3.05) is 0 Å². The lowest BCUT2D eigenvalue weighted by molar-refractivity contribution is -0.136. The van der Waals surface area contributed by atoms with E-state index in [2.05, 4.69) is 10.3 Å². The third kappa shape index (κ3) is 3.34. The van der Waals surface area contributed by atoms with E-state index >= 15 is 0 Å². The van der Waals surface area contributed by atoms with Gasteiger partial charge in [-0.15, -0.1) is 5.10 Å². The first-order valence-corrected chi connectivity index (χ1v) is 5.51. The highest BCUT2D eigenvalue weighted by Gasteiger charge is 2.32. The number of halogens is 2. The van der Waals surface area contributed by atoms with Gasteiger partial charge in [-0.1, -0.05) is 35.5 Å². The predicted molar refractivity (Wildman–Crippen MR) is 61.7 cm³/mol. The third-order valence-corrected chi connectivity index (χ3v) is 2.48. The van der Waals surface area contributed by atoms with Gasteiger partial charge in [-0.3, -0.25) is 4.79 Å². The highest BCUT2D eigenvalue weighted by Crippen LogP contribution is 2.29. The molecule has 0 fully saturated rings. The maximum absolute atomic E-state index is 13.9. The molecule has 19 heavy (non-hydrogen) atoms. The van der Waals surface area contributed by atoms with Crippen LogP contribution >= 0.6 is 0 Å². The van der Waals surface area contributed by atoms with Crippen molar-refractivity contribution in [1.29, 1.82) is 0 Å². The predicted octanol–water partition coefficient (Wildman–Crippen LogP) is 1.70. The van der Waals surface area contributed by atoms with E-state index in [1.165, 1.54) is 30.5 Å². The number of alkyl halides is 2. The van der Waals surface area contributed by atoms with Crippen LogP contribution in [0.3, 0.4) is 0 Å². The van der Waals surface area contributed by atoms with Crippen molar-refractivity contribution in [3.63, 3.8) is 0 Å². The number of aliphatic carboxylic acids is 1. The summed E-state index contributed by atoms with van der Waals surface area (Å²) in [5, 5.41) is 15.6. The quantitative estimate of drug-likeness (QED) is 0.895. The number of nitrogens with zero attached hydrogens (tertiary/aromatic N) is 3. The molecule has 0 saturated carbocycles. The van der Waals surface area contributed by atoms with E-state index in [0.29, 0.717) is 0 Å². The normalized spacial score (nSPS) is 11.5. The van der Waals surface area contributed by atoms with Gasteiger partial charge in [0.2, 0.25) is 0 Å². The number of benzene rings is 1. The Morgan fingerprint density at radius 2 is 2.00 bits per heavy atom. The number of carboxylic acid groups (broad SMARTS) is 1. The summed E-state index contributed by atoms with van der Waals surface area (Å²) in [6.45, 7) is -0.677. The van der Waals surface area contributed by atoms with Gasteiger partial charge >= 0.3 is 5.97 Å². The van der Waals surface area contributed by atoms with Gasteiger partial charge in [0.05, 0.1) is 12.1 Å². The highest BCUT2D eigenvalue weighted by atomic mass is 19.3. The van der Waals surface area contributed by atoms with Gasteiger partial charge < -0.3 is 5.11 Å². The van der Waals surface area contributed by atoms with Gasteiger partial charge in [0.1, 0.15) is 6.54 Å². The summed E-state index contributed by atoms with van der Waals surface area (Å²) in [5.74, 6) is -4.17. The molecule has 0 radical (unpaired) electrons. The minimum absolute atomic E-state index is 0.120. The van der Waals surface area contributed by atoms with Gasteiger partial charge in [-0.05, 0) is 0 Å². The Morgan fingerprint density at radius 1 is 1.32 bits per heavy atom. The van der Waals surface area contributed by atoms with Crippen LogP contribution < -0.4 is 0 Å². The molecule has 0 unspecified atom stereocenters. The summed E-state index contributed by atoms with van der Waals surface area (Å²) in [5.41, 5.74) is 0.0293. The summed E-state index contributed by atoms with van der Waals surface area (Å²) in [4.78, 5) is 10.5. The van der Waals surface area contributed by atoms with Crippen molar-refractivity contribution in [1.82, 2.24) is 15.0 Å². The van der Waals surface area contributed by atoms with Crippen molar-refractivity contribution < 1.29 is 18.7 Å². The zero-order chi connectivity index (χ0) is 13.9. The molecule has 7 heteroatoms. The van der Waals surface area contributed by atoms with Crippen LogP contribution in [0, 0.1) is 0 Å². The first-order valence-electron chi connectivity index (χ1n) is 5.51. The van der Waals surface area contributed by atoms with Crippen LogP contribution in [0.1, 0.15) is 11.3 Å². The third-order valence-electron chi connectivity index (χ3n) is 2.48. The maximum Gasteiger partial charge on any atom is 0.309 e. The molecule has 1 aromatic heterocycles. The van der Waals surface area contributed by atoms with Crippen LogP contribution in [0.5, 0.6) is 0 Å². The molecule has 0 aliphatic heterocycles. The monoisotopic (exact) mass is 267 g/mol. The lowest BCUT2D eigenvalue weighted by atomic mass is 10.1. The maximum atomic E-state index is 13.9. The molecule has 1 N–H and O–H groups in total. The Morgan fingerprint density at radius 3 is 2.63 bits per heavy atom. The molecule has 0 bridgehead atoms. The molecule has 5 nitrogen and oxygen atoms in total. The van der Waals surface area contributed by atoms with E-state index in [-0.39, 0.29) is 17.7 Å². The molecule has 0 spiro atoms. The molecule has 0 aliphatic carbocycles. The van der Waals surface area contributed by atoms with E-state index in [1.807, 2.05) is 0 Å². The standard InChI is InChI=1S/C12H11F2N3O2/c13-12(14,9-4-2-1-3-5-9)8-17-7-10(15-16-17)6-11(18)19/h1-5,7H,6,8H2,(H,18,19). The Kier molecular flexibility index (Phi) is 3.55. The minimum Gasteiger partial charge on any atom is -0.481 e. The minimum atomic E-state index is -3.09. The fraction of sp³-hybridized carbons (Fsp3) is 0.250. The fourth-order valence-electron chi connectivity index (χ4n) is 1.63. The van der Waals surface area contributed by atoms with Crippen molar-refractivity contribution >= 4 is 5.97 Å². The molecule has 0 saturated heterocycles. The van der Waals surface area contributed by atoms with Gasteiger partial charge in [-0.2, -0.15) is 8.78 Å². The molecular weight excluding hydrogens is 256 g/mol. The Balaban J connectivity index is 2.12. The molecule has 0 amide bonds. The van der Waals surface area contributed by atoms with E-state index in [1.54, 1.807) is 6.07 Å². The molecule has 1 aromatic carbocycles. The van der Waals surface area contributed by atoms with Crippen LogP contribution in [0.4, 0.5) is 8.78 Å². The second kappa shape index (κ2) is 5.13. The zero-order valence-corrected chi connectivity index (χ0v) is 9.83. The summed E-state index contributed by atoms with van der Waals surface area (Å²) >= 11 is 0. The summed E-state index contributed by atoms with van der Waals surface area (Å²) in [6, 6.07) is 7.37. The first-order chi connectivity index (χ1) is 8.97. The average molecular weight is 267 g/mol. The number of carboxylic acids is 1. The van der Waals surface area contributed by atoms with Crippen LogP contribution in [0.25, 0.3) is 0 Å². The van der Waals surface area contributed by atoms with Crippen LogP contribution in [0.2, 0.25) is 0 Å². The Bertz CT molecular complexity index is 569. The van der Waals surface area contributed by atoms with Gasteiger partial charge in [0, 0.05) is 11.8 Å². The smallest absolute Gasteiger partial charge is 0.309 e. The molecule has 100 valence electrons. The van der Waals surface area contributed by atoms with Gasteiger partial charge in [-0.25, -0.2) is 4.68 Å². The fourth-order valence-corrected chi connectivity index (χ4v) is 1.63. The summed E-state index contributed by atoms with van der Waals surface area (Å²) in [7, 11) is 0. The number of carbonyl (C=O) groups is 1. The second-order valence-electron chi connectivity index (χ2n) is 4.05. The molecule has 1 heterocycles.